The van der Waals surface area contributed by atoms with Crippen LogP contribution in [0.2, 0.25) is 0 Å². The van der Waals surface area contributed by atoms with E-state index in [1.165, 1.54) is 25.3 Å². The van der Waals surface area contributed by atoms with Crippen LogP contribution in [0.25, 0.3) is 12.2 Å². The second-order valence-corrected chi connectivity index (χ2v) is 6.87. The highest BCUT2D eigenvalue weighted by Crippen LogP contribution is 2.35. The van der Waals surface area contributed by atoms with Crippen LogP contribution in [0, 0.1) is 0 Å². The van der Waals surface area contributed by atoms with E-state index in [0.29, 0.717) is 16.9 Å². The molecule has 5 atom stereocenters. The minimum Gasteiger partial charge on any atom is -0.508 e. The van der Waals surface area contributed by atoms with Gasteiger partial charge in [0.2, 0.25) is 0 Å². The molecule has 5 unspecified atom stereocenters. The molecule has 0 saturated carbocycles. The first-order valence-corrected chi connectivity index (χ1v) is 9.03. The summed E-state index contributed by atoms with van der Waals surface area (Å²) in [6.45, 7) is -0.532. The number of aromatic hydroxyl groups is 2. The fourth-order valence-corrected chi connectivity index (χ4v) is 3.29. The van der Waals surface area contributed by atoms with Gasteiger partial charge in [0.15, 0.2) is 11.5 Å². The number of methoxy groups -OCH3 is 1. The molecule has 0 spiro atoms. The molecule has 156 valence electrons. The van der Waals surface area contributed by atoms with E-state index in [0.717, 1.165) is 5.56 Å². The zero-order chi connectivity index (χ0) is 21.1. The Hall–Kier alpha value is -2.62. The lowest BCUT2D eigenvalue weighted by atomic mass is 9.90. The third kappa shape index (κ3) is 4.52. The summed E-state index contributed by atoms with van der Waals surface area (Å²) in [6.07, 6.45) is -3.02. The zero-order valence-electron chi connectivity index (χ0n) is 15.7. The van der Waals surface area contributed by atoms with E-state index in [1.807, 2.05) is 0 Å². The average molecular weight is 404 g/mol. The predicted octanol–water partition coefficient (Wildman–Crippen LogP) is 0.792. The average Bonchev–Trinajstić information content (AvgIpc) is 2.71. The Kier molecular flexibility index (Phi) is 6.41. The summed E-state index contributed by atoms with van der Waals surface area (Å²) in [4.78, 5) is 0. The Morgan fingerprint density at radius 2 is 1.66 bits per heavy atom. The fourth-order valence-electron chi connectivity index (χ4n) is 3.29. The SMILES string of the molecule is COc1cc(/C=C/c2cc(O)cc(C3OC(CO)C(O)C(O)C3O)c2)ccc1O. The number of hydrogen-bond donors (Lipinski definition) is 6. The number of rotatable bonds is 5. The van der Waals surface area contributed by atoms with Gasteiger partial charge in [-0.15, -0.1) is 0 Å². The molecule has 0 amide bonds. The lowest BCUT2D eigenvalue weighted by Crippen LogP contribution is -2.55. The van der Waals surface area contributed by atoms with Gasteiger partial charge in [-0.2, -0.15) is 0 Å². The number of phenols is 2. The standard InChI is InChI=1S/C21H24O8/c1-28-16-8-11(4-5-15(16)24)2-3-12-6-13(9-14(23)7-12)21-20(27)19(26)18(25)17(10-22)29-21/h2-9,17-27H,10H2,1H3/b3-2+. The smallest absolute Gasteiger partial charge is 0.161 e. The van der Waals surface area contributed by atoms with E-state index in [1.54, 1.807) is 30.4 Å². The predicted molar refractivity (Wildman–Crippen MR) is 104 cm³/mol. The third-order valence-corrected chi connectivity index (χ3v) is 4.86. The van der Waals surface area contributed by atoms with Crippen LogP contribution in [0.5, 0.6) is 17.2 Å². The summed E-state index contributed by atoms with van der Waals surface area (Å²) in [5, 5.41) is 59.3. The van der Waals surface area contributed by atoms with E-state index in [9.17, 15) is 30.6 Å². The number of ether oxygens (including phenoxy) is 2. The van der Waals surface area contributed by atoms with Crippen LogP contribution in [0.3, 0.4) is 0 Å². The number of aliphatic hydroxyl groups is 4. The van der Waals surface area contributed by atoms with E-state index in [-0.39, 0.29) is 11.5 Å². The van der Waals surface area contributed by atoms with Crippen molar-refractivity contribution in [2.45, 2.75) is 30.5 Å². The molecule has 1 aliphatic heterocycles. The van der Waals surface area contributed by atoms with Gasteiger partial charge in [0, 0.05) is 0 Å². The first-order valence-electron chi connectivity index (χ1n) is 9.03. The number of aliphatic hydroxyl groups excluding tert-OH is 4. The molecule has 0 bridgehead atoms. The normalized spacial score (nSPS) is 27.3. The summed E-state index contributed by atoms with van der Waals surface area (Å²) in [5.74, 6) is 0.263. The van der Waals surface area contributed by atoms with Crippen LogP contribution in [-0.2, 0) is 4.74 Å². The number of phenolic OH excluding ortho intramolecular Hbond substituents is 2. The third-order valence-electron chi connectivity index (χ3n) is 4.86. The second kappa shape index (κ2) is 8.81. The Morgan fingerprint density at radius 1 is 0.931 bits per heavy atom. The van der Waals surface area contributed by atoms with Crippen LogP contribution in [-0.4, -0.2) is 68.8 Å². The van der Waals surface area contributed by atoms with E-state index >= 15 is 0 Å². The maximum absolute atomic E-state index is 10.3. The Bertz CT molecular complexity index is 879. The molecule has 3 rings (SSSR count). The molecule has 29 heavy (non-hydrogen) atoms. The first-order chi connectivity index (χ1) is 13.8. The molecule has 2 aromatic rings. The molecule has 0 aromatic heterocycles. The Labute approximate surface area is 167 Å². The largest absolute Gasteiger partial charge is 0.508 e. The monoisotopic (exact) mass is 404 g/mol. The van der Waals surface area contributed by atoms with Gasteiger partial charge >= 0.3 is 0 Å². The van der Waals surface area contributed by atoms with Gasteiger partial charge < -0.3 is 40.1 Å². The summed E-state index contributed by atoms with van der Waals surface area (Å²) >= 11 is 0. The quantitative estimate of drug-likeness (QED) is 0.402. The van der Waals surface area contributed by atoms with Crippen molar-refractivity contribution in [3.05, 3.63) is 53.1 Å². The lowest BCUT2D eigenvalue weighted by molar-refractivity contribution is -0.231. The number of benzene rings is 2. The summed E-state index contributed by atoms with van der Waals surface area (Å²) in [5.41, 5.74) is 1.71. The van der Waals surface area contributed by atoms with Crippen LogP contribution < -0.4 is 4.74 Å². The lowest BCUT2D eigenvalue weighted by Gasteiger charge is -2.40. The summed E-state index contributed by atoms with van der Waals surface area (Å²) in [7, 11) is 1.45. The van der Waals surface area contributed by atoms with Gasteiger partial charge in [-0.25, -0.2) is 0 Å². The highest BCUT2D eigenvalue weighted by atomic mass is 16.5. The zero-order valence-corrected chi connectivity index (χ0v) is 15.7. The van der Waals surface area contributed by atoms with Gasteiger partial charge in [-0.05, 0) is 47.0 Å². The first kappa shape index (κ1) is 21.1. The minimum atomic E-state index is -1.50. The molecule has 0 radical (unpaired) electrons. The van der Waals surface area contributed by atoms with Crippen molar-refractivity contribution in [3.8, 4) is 17.2 Å². The van der Waals surface area contributed by atoms with Crippen molar-refractivity contribution in [2.75, 3.05) is 13.7 Å². The molecule has 1 aliphatic rings. The van der Waals surface area contributed by atoms with Gasteiger partial charge in [0.1, 0.15) is 36.3 Å². The van der Waals surface area contributed by atoms with Gasteiger partial charge in [-0.3, -0.25) is 0 Å². The van der Waals surface area contributed by atoms with Crippen molar-refractivity contribution < 1.29 is 40.1 Å². The molecule has 8 nitrogen and oxygen atoms in total. The maximum atomic E-state index is 10.3. The van der Waals surface area contributed by atoms with Crippen LogP contribution in [0.15, 0.2) is 36.4 Å². The topological polar surface area (TPSA) is 140 Å². The molecular weight excluding hydrogens is 380 g/mol. The van der Waals surface area contributed by atoms with Crippen molar-refractivity contribution in [3.63, 3.8) is 0 Å². The van der Waals surface area contributed by atoms with Gasteiger partial charge in [0.25, 0.3) is 0 Å². The highest BCUT2D eigenvalue weighted by molar-refractivity contribution is 5.71. The molecule has 1 fully saturated rings. The van der Waals surface area contributed by atoms with Crippen molar-refractivity contribution >= 4 is 12.2 Å². The molecule has 2 aromatic carbocycles. The minimum absolute atomic E-state index is 0.0203. The maximum Gasteiger partial charge on any atom is 0.161 e. The van der Waals surface area contributed by atoms with E-state index in [2.05, 4.69) is 0 Å². The number of hydrogen-bond acceptors (Lipinski definition) is 8. The molecule has 8 heteroatoms. The van der Waals surface area contributed by atoms with E-state index < -0.39 is 37.1 Å². The second-order valence-electron chi connectivity index (χ2n) is 6.87. The van der Waals surface area contributed by atoms with Crippen LogP contribution in [0.1, 0.15) is 22.8 Å². The highest BCUT2D eigenvalue weighted by Gasteiger charge is 2.44. The molecule has 0 aliphatic carbocycles. The molecule has 1 heterocycles. The molecule has 1 saturated heterocycles. The van der Waals surface area contributed by atoms with Crippen molar-refractivity contribution in [1.82, 2.24) is 0 Å². The van der Waals surface area contributed by atoms with Crippen molar-refractivity contribution in [2.24, 2.45) is 0 Å². The fraction of sp³-hybridized carbons (Fsp3) is 0.333. The van der Waals surface area contributed by atoms with Crippen LogP contribution in [0.4, 0.5) is 0 Å². The summed E-state index contributed by atoms with van der Waals surface area (Å²) < 4.78 is 10.6. The van der Waals surface area contributed by atoms with Gasteiger partial charge in [0.05, 0.1) is 13.7 Å². The molecular formula is C21H24O8. The molecule has 6 N–H and O–H groups in total. The van der Waals surface area contributed by atoms with Crippen molar-refractivity contribution in [1.29, 1.82) is 0 Å². The van der Waals surface area contributed by atoms with E-state index in [4.69, 9.17) is 9.47 Å². The Morgan fingerprint density at radius 3 is 2.34 bits per heavy atom. The van der Waals surface area contributed by atoms with Crippen LogP contribution >= 0.6 is 0 Å². The Balaban J connectivity index is 1.88. The van der Waals surface area contributed by atoms with Gasteiger partial charge in [-0.1, -0.05) is 18.2 Å². The summed E-state index contributed by atoms with van der Waals surface area (Å²) in [6, 6.07) is 9.37.